The minimum absolute atomic E-state index is 0.628. The number of carboxylic acid groups (broad SMARTS) is 1. The maximum absolute atomic E-state index is 11.1. The Morgan fingerprint density at radius 3 is 2.59 bits per heavy atom. The topological polar surface area (TPSA) is 49.3 Å². The van der Waals surface area contributed by atoms with Crippen molar-refractivity contribution in [2.24, 2.45) is 0 Å². The zero-order chi connectivity index (χ0) is 12.1. The van der Waals surface area contributed by atoms with Gasteiger partial charge in [-0.3, -0.25) is 4.79 Å². The average molecular weight is 251 g/mol. The zero-order valence-corrected chi connectivity index (χ0v) is 10.5. The Hall–Kier alpha value is -1.00. The number of aliphatic carboxylic acids is 1. The third-order valence-corrected chi connectivity index (χ3v) is 4.21. The number of rotatable bonds is 6. The predicted molar refractivity (Wildman–Crippen MR) is 69.4 cm³/mol. The molecule has 0 amide bonds. The molecular weight excluding hydrogens is 234 g/mol. The standard InChI is InChI=1S/C13H17NO2S/c15-12(16)13(7-4-8-13)14-9-10-17-11-5-2-1-3-6-11/h1-3,5-6,14H,4,7-10H2,(H,15,16). The van der Waals surface area contributed by atoms with Crippen LogP contribution < -0.4 is 5.32 Å². The summed E-state index contributed by atoms with van der Waals surface area (Å²) in [5.41, 5.74) is -0.628. The van der Waals surface area contributed by atoms with Crippen molar-refractivity contribution in [3.8, 4) is 0 Å². The second-order valence-electron chi connectivity index (χ2n) is 4.33. The minimum atomic E-state index is -0.700. The normalized spacial score (nSPS) is 17.4. The first-order valence-corrected chi connectivity index (χ1v) is 6.88. The minimum Gasteiger partial charge on any atom is -0.480 e. The smallest absolute Gasteiger partial charge is 0.323 e. The lowest BCUT2D eigenvalue weighted by Crippen LogP contribution is -2.57. The summed E-state index contributed by atoms with van der Waals surface area (Å²) in [4.78, 5) is 12.3. The number of thioether (sulfide) groups is 1. The largest absolute Gasteiger partial charge is 0.480 e. The highest BCUT2D eigenvalue weighted by atomic mass is 32.2. The van der Waals surface area contributed by atoms with E-state index in [1.807, 2.05) is 18.2 Å². The quantitative estimate of drug-likeness (QED) is 0.602. The fourth-order valence-corrected chi connectivity index (χ4v) is 2.76. The Balaban J connectivity index is 1.71. The fraction of sp³-hybridized carbons (Fsp3) is 0.462. The van der Waals surface area contributed by atoms with E-state index in [-0.39, 0.29) is 0 Å². The van der Waals surface area contributed by atoms with Gasteiger partial charge in [-0.15, -0.1) is 11.8 Å². The first-order valence-electron chi connectivity index (χ1n) is 5.89. The highest BCUT2D eigenvalue weighted by molar-refractivity contribution is 7.99. The van der Waals surface area contributed by atoms with E-state index >= 15 is 0 Å². The molecule has 0 atom stereocenters. The van der Waals surface area contributed by atoms with E-state index in [4.69, 9.17) is 5.11 Å². The summed E-state index contributed by atoms with van der Waals surface area (Å²) in [7, 11) is 0. The van der Waals surface area contributed by atoms with Crippen LogP contribution in [0, 0.1) is 0 Å². The molecule has 1 aromatic rings. The maximum atomic E-state index is 11.1. The van der Waals surface area contributed by atoms with Crippen molar-refractivity contribution in [1.29, 1.82) is 0 Å². The van der Waals surface area contributed by atoms with Gasteiger partial charge in [-0.2, -0.15) is 0 Å². The van der Waals surface area contributed by atoms with Crippen LogP contribution in [0.3, 0.4) is 0 Å². The van der Waals surface area contributed by atoms with Crippen molar-refractivity contribution in [1.82, 2.24) is 5.32 Å². The molecule has 1 saturated carbocycles. The highest BCUT2D eigenvalue weighted by Gasteiger charge is 2.43. The van der Waals surface area contributed by atoms with E-state index in [1.54, 1.807) is 11.8 Å². The van der Waals surface area contributed by atoms with Gasteiger partial charge in [0.05, 0.1) is 0 Å². The first-order chi connectivity index (χ1) is 8.23. The molecular formula is C13H17NO2S. The van der Waals surface area contributed by atoms with Crippen LogP contribution in [0.2, 0.25) is 0 Å². The van der Waals surface area contributed by atoms with Gasteiger partial charge in [-0.05, 0) is 31.4 Å². The lowest BCUT2D eigenvalue weighted by molar-refractivity contribution is -0.148. The van der Waals surface area contributed by atoms with Crippen LogP contribution in [-0.2, 0) is 4.79 Å². The van der Waals surface area contributed by atoms with E-state index < -0.39 is 11.5 Å². The van der Waals surface area contributed by atoms with Crippen molar-refractivity contribution < 1.29 is 9.90 Å². The molecule has 0 aliphatic heterocycles. The Morgan fingerprint density at radius 2 is 2.06 bits per heavy atom. The van der Waals surface area contributed by atoms with Crippen molar-refractivity contribution in [3.05, 3.63) is 30.3 Å². The van der Waals surface area contributed by atoms with Gasteiger partial charge in [0.25, 0.3) is 0 Å². The molecule has 0 aromatic heterocycles. The molecule has 1 aromatic carbocycles. The van der Waals surface area contributed by atoms with Crippen LogP contribution in [0.5, 0.6) is 0 Å². The molecule has 2 N–H and O–H groups in total. The molecule has 0 unspecified atom stereocenters. The van der Waals surface area contributed by atoms with Crippen LogP contribution in [0.4, 0.5) is 0 Å². The van der Waals surface area contributed by atoms with Gasteiger partial charge in [-0.1, -0.05) is 18.2 Å². The van der Waals surface area contributed by atoms with Crippen LogP contribution in [-0.4, -0.2) is 28.9 Å². The number of carbonyl (C=O) groups is 1. The van der Waals surface area contributed by atoms with Gasteiger partial charge in [0.1, 0.15) is 5.54 Å². The second-order valence-corrected chi connectivity index (χ2v) is 5.50. The summed E-state index contributed by atoms with van der Waals surface area (Å²) >= 11 is 1.75. The second kappa shape index (κ2) is 5.56. The summed E-state index contributed by atoms with van der Waals surface area (Å²) in [5.74, 6) is 0.201. The molecule has 3 nitrogen and oxygen atoms in total. The molecule has 0 heterocycles. The molecule has 0 radical (unpaired) electrons. The van der Waals surface area contributed by atoms with E-state index in [1.165, 1.54) is 4.90 Å². The van der Waals surface area contributed by atoms with Crippen molar-refractivity contribution >= 4 is 17.7 Å². The fourth-order valence-electron chi connectivity index (χ4n) is 1.97. The van der Waals surface area contributed by atoms with Crippen LogP contribution in [0.25, 0.3) is 0 Å². The number of benzene rings is 1. The third-order valence-electron chi connectivity index (χ3n) is 3.19. The molecule has 0 spiro atoms. The molecule has 1 fully saturated rings. The van der Waals surface area contributed by atoms with Gasteiger partial charge in [0, 0.05) is 17.2 Å². The Labute approximate surface area is 106 Å². The van der Waals surface area contributed by atoms with Crippen molar-refractivity contribution in [3.63, 3.8) is 0 Å². The molecule has 0 bridgehead atoms. The zero-order valence-electron chi connectivity index (χ0n) is 9.69. The SMILES string of the molecule is O=C(O)C1(NCCSc2ccccc2)CCC1. The third kappa shape index (κ3) is 3.01. The van der Waals surface area contributed by atoms with Gasteiger partial charge < -0.3 is 10.4 Å². The molecule has 0 saturated heterocycles. The summed E-state index contributed by atoms with van der Waals surface area (Å²) in [6.45, 7) is 0.742. The van der Waals surface area contributed by atoms with E-state index in [0.29, 0.717) is 0 Å². The first kappa shape index (κ1) is 12.5. The molecule has 17 heavy (non-hydrogen) atoms. The monoisotopic (exact) mass is 251 g/mol. The summed E-state index contributed by atoms with van der Waals surface area (Å²) < 4.78 is 0. The Kier molecular flexibility index (Phi) is 4.07. The lowest BCUT2D eigenvalue weighted by Gasteiger charge is -2.38. The molecule has 1 aliphatic rings. The molecule has 2 rings (SSSR count). The Morgan fingerprint density at radius 1 is 1.35 bits per heavy atom. The number of nitrogens with one attached hydrogen (secondary N) is 1. The molecule has 4 heteroatoms. The highest BCUT2D eigenvalue weighted by Crippen LogP contribution is 2.32. The molecule has 1 aliphatic carbocycles. The van der Waals surface area contributed by atoms with Gasteiger partial charge >= 0.3 is 5.97 Å². The van der Waals surface area contributed by atoms with Gasteiger partial charge in [-0.25, -0.2) is 0 Å². The van der Waals surface area contributed by atoms with E-state index in [9.17, 15) is 4.79 Å². The van der Waals surface area contributed by atoms with Crippen LogP contribution >= 0.6 is 11.8 Å². The number of hydrogen-bond donors (Lipinski definition) is 2. The summed E-state index contributed by atoms with van der Waals surface area (Å²) in [5, 5.41) is 12.3. The van der Waals surface area contributed by atoms with Crippen LogP contribution in [0.1, 0.15) is 19.3 Å². The van der Waals surface area contributed by atoms with Gasteiger partial charge in [0.2, 0.25) is 0 Å². The van der Waals surface area contributed by atoms with E-state index in [2.05, 4.69) is 17.4 Å². The van der Waals surface area contributed by atoms with Crippen molar-refractivity contribution in [2.75, 3.05) is 12.3 Å². The van der Waals surface area contributed by atoms with E-state index in [0.717, 1.165) is 31.6 Å². The van der Waals surface area contributed by atoms with Gasteiger partial charge in [0.15, 0.2) is 0 Å². The van der Waals surface area contributed by atoms with Crippen LogP contribution in [0.15, 0.2) is 35.2 Å². The summed E-state index contributed by atoms with van der Waals surface area (Å²) in [6.07, 6.45) is 2.54. The maximum Gasteiger partial charge on any atom is 0.323 e. The average Bonchev–Trinajstić information content (AvgIpc) is 2.27. The number of hydrogen-bond acceptors (Lipinski definition) is 3. The predicted octanol–water partition coefficient (Wildman–Crippen LogP) is 2.38. The van der Waals surface area contributed by atoms with Crippen molar-refractivity contribution in [2.45, 2.75) is 29.7 Å². The summed E-state index contributed by atoms with van der Waals surface area (Å²) in [6, 6.07) is 10.2. The lowest BCUT2D eigenvalue weighted by atomic mass is 9.77. The number of carboxylic acids is 1. The molecule has 92 valence electrons. The Bertz CT molecular complexity index is 376.